The third-order valence-electron chi connectivity index (χ3n) is 2.17. The molecule has 5 nitrogen and oxygen atoms in total. The second kappa shape index (κ2) is 4.71. The summed E-state index contributed by atoms with van der Waals surface area (Å²) in [4.78, 5) is 22.5. The number of methoxy groups -OCH3 is 1. The molecule has 0 aliphatic carbocycles. The monoisotopic (exact) mass is 265 g/mol. The van der Waals surface area contributed by atoms with Crippen molar-refractivity contribution < 1.29 is 31.9 Å². The largest absolute Gasteiger partial charge is 0.467 e. The van der Waals surface area contributed by atoms with Gasteiger partial charge in [0.25, 0.3) is 5.54 Å². The number of alkyl halides is 3. The smallest absolute Gasteiger partial charge is 0.429 e. The molecule has 0 radical (unpaired) electrons. The van der Waals surface area contributed by atoms with Gasteiger partial charge in [0.2, 0.25) is 5.91 Å². The van der Waals surface area contributed by atoms with E-state index < -0.39 is 29.4 Å². The lowest BCUT2D eigenvalue weighted by atomic mass is 9.95. The predicted molar refractivity (Wildman–Crippen MR) is 52.3 cm³/mol. The molecule has 0 spiro atoms. The molecule has 0 bridgehead atoms. The first-order chi connectivity index (χ1) is 8.25. The van der Waals surface area contributed by atoms with Crippen LogP contribution < -0.4 is 5.32 Å². The van der Waals surface area contributed by atoms with E-state index in [0.29, 0.717) is 0 Å². The van der Waals surface area contributed by atoms with Gasteiger partial charge in [-0.1, -0.05) is 0 Å². The third-order valence-corrected chi connectivity index (χ3v) is 2.17. The molecule has 8 heteroatoms. The summed E-state index contributed by atoms with van der Waals surface area (Å²) >= 11 is 0. The number of amides is 1. The Labute approximate surface area is 99.9 Å². The predicted octanol–water partition coefficient (Wildman–Crippen LogP) is 1.35. The van der Waals surface area contributed by atoms with Crippen molar-refractivity contribution in [3.63, 3.8) is 0 Å². The van der Waals surface area contributed by atoms with Gasteiger partial charge in [-0.2, -0.15) is 13.2 Å². The van der Waals surface area contributed by atoms with E-state index in [1.54, 1.807) is 5.32 Å². The second-order valence-corrected chi connectivity index (χ2v) is 3.40. The Morgan fingerprint density at radius 3 is 2.33 bits per heavy atom. The van der Waals surface area contributed by atoms with Gasteiger partial charge in [-0.25, -0.2) is 4.79 Å². The lowest BCUT2D eigenvalue weighted by Gasteiger charge is -2.31. The first-order valence-electron chi connectivity index (χ1n) is 4.73. The van der Waals surface area contributed by atoms with E-state index in [9.17, 15) is 22.8 Å². The fourth-order valence-electron chi connectivity index (χ4n) is 1.45. The lowest BCUT2D eigenvalue weighted by Crippen LogP contribution is -2.61. The van der Waals surface area contributed by atoms with Gasteiger partial charge in [0.05, 0.1) is 13.4 Å². The molecular weight excluding hydrogens is 255 g/mol. The number of carbonyl (C=O) groups excluding carboxylic acids is 2. The number of nitrogens with one attached hydrogen (secondary N) is 1. The van der Waals surface area contributed by atoms with Crippen LogP contribution in [0.5, 0.6) is 0 Å². The van der Waals surface area contributed by atoms with E-state index in [4.69, 9.17) is 0 Å². The second-order valence-electron chi connectivity index (χ2n) is 3.40. The standard InChI is InChI=1S/C10H10F3NO4/c1-6(15)14-9(8(16)17-2,10(11,12)13)7-4-3-5-18-7/h3-5H,1-2H3,(H,14,15)/t9-/m0/s1. The van der Waals surface area contributed by atoms with Crippen LogP contribution in [0.3, 0.4) is 0 Å². The summed E-state index contributed by atoms with van der Waals surface area (Å²) in [5.41, 5.74) is -3.34. The van der Waals surface area contributed by atoms with E-state index in [1.807, 2.05) is 0 Å². The summed E-state index contributed by atoms with van der Waals surface area (Å²) in [6.45, 7) is 0.854. The molecule has 1 amide bonds. The highest BCUT2D eigenvalue weighted by Crippen LogP contribution is 2.40. The maximum absolute atomic E-state index is 13.2. The molecule has 18 heavy (non-hydrogen) atoms. The fraction of sp³-hybridized carbons (Fsp3) is 0.400. The third kappa shape index (κ3) is 2.18. The zero-order chi connectivity index (χ0) is 14.0. The van der Waals surface area contributed by atoms with E-state index >= 15 is 0 Å². The molecule has 1 atom stereocenters. The summed E-state index contributed by atoms with van der Waals surface area (Å²) in [5, 5.41) is 1.55. The molecule has 1 aromatic heterocycles. The number of halogens is 3. The van der Waals surface area contributed by atoms with Crippen LogP contribution in [-0.2, 0) is 19.9 Å². The Morgan fingerprint density at radius 2 is 2.00 bits per heavy atom. The van der Waals surface area contributed by atoms with Crippen molar-refractivity contribution in [3.8, 4) is 0 Å². The van der Waals surface area contributed by atoms with Crippen LogP contribution in [0.2, 0.25) is 0 Å². The van der Waals surface area contributed by atoms with Crippen LogP contribution in [0.15, 0.2) is 22.8 Å². The molecular formula is C10H10F3NO4. The van der Waals surface area contributed by atoms with Crippen molar-refractivity contribution in [1.29, 1.82) is 0 Å². The van der Waals surface area contributed by atoms with Crippen molar-refractivity contribution in [2.24, 2.45) is 0 Å². The molecule has 0 aliphatic rings. The zero-order valence-electron chi connectivity index (χ0n) is 9.50. The number of rotatable bonds is 3. The van der Waals surface area contributed by atoms with Crippen molar-refractivity contribution >= 4 is 11.9 Å². The number of hydrogen-bond donors (Lipinski definition) is 1. The summed E-state index contributed by atoms with van der Waals surface area (Å²) in [6, 6.07) is 2.10. The summed E-state index contributed by atoms with van der Waals surface area (Å²) in [7, 11) is 0.785. The van der Waals surface area contributed by atoms with Gasteiger partial charge in [-0.05, 0) is 12.1 Å². The molecule has 0 aliphatic heterocycles. The normalized spacial score (nSPS) is 14.7. The quantitative estimate of drug-likeness (QED) is 0.837. The van der Waals surface area contributed by atoms with Crippen LogP contribution >= 0.6 is 0 Å². The molecule has 1 aromatic rings. The fourth-order valence-corrected chi connectivity index (χ4v) is 1.45. The Balaban J connectivity index is 3.46. The number of carbonyl (C=O) groups is 2. The van der Waals surface area contributed by atoms with Crippen molar-refractivity contribution in [1.82, 2.24) is 5.32 Å². The molecule has 0 saturated heterocycles. The van der Waals surface area contributed by atoms with Gasteiger partial charge in [0, 0.05) is 6.92 Å². The molecule has 1 N–H and O–H groups in total. The van der Waals surface area contributed by atoms with E-state index in [-0.39, 0.29) is 0 Å². The Bertz CT molecular complexity index is 440. The van der Waals surface area contributed by atoms with Crippen LogP contribution in [0, 0.1) is 0 Å². The first-order valence-corrected chi connectivity index (χ1v) is 4.73. The molecule has 1 rings (SSSR count). The summed E-state index contributed by atoms with van der Waals surface area (Å²) in [6.07, 6.45) is -4.15. The highest BCUT2D eigenvalue weighted by Gasteiger charge is 2.65. The molecule has 0 unspecified atom stereocenters. The first kappa shape index (κ1) is 14.1. The van der Waals surface area contributed by atoms with Gasteiger partial charge < -0.3 is 14.5 Å². The van der Waals surface area contributed by atoms with E-state index in [1.165, 1.54) is 6.07 Å². The van der Waals surface area contributed by atoms with Crippen molar-refractivity contribution in [2.75, 3.05) is 7.11 Å². The van der Waals surface area contributed by atoms with Crippen LogP contribution in [-0.4, -0.2) is 25.2 Å². The lowest BCUT2D eigenvalue weighted by molar-refractivity contribution is -0.219. The molecule has 100 valence electrons. The number of furan rings is 1. The average molecular weight is 265 g/mol. The molecule has 0 fully saturated rings. The van der Waals surface area contributed by atoms with E-state index in [0.717, 1.165) is 26.4 Å². The van der Waals surface area contributed by atoms with Crippen molar-refractivity contribution in [2.45, 2.75) is 18.6 Å². The van der Waals surface area contributed by atoms with Gasteiger partial charge in [-0.15, -0.1) is 0 Å². The zero-order valence-corrected chi connectivity index (χ0v) is 9.50. The van der Waals surface area contributed by atoms with E-state index in [2.05, 4.69) is 9.15 Å². The Morgan fingerprint density at radius 1 is 1.39 bits per heavy atom. The van der Waals surface area contributed by atoms with Crippen molar-refractivity contribution in [3.05, 3.63) is 24.2 Å². The number of ether oxygens (including phenoxy) is 1. The minimum atomic E-state index is -5.11. The average Bonchev–Trinajstić information content (AvgIpc) is 2.76. The summed E-state index contributed by atoms with van der Waals surface area (Å²) < 4.78 is 48.2. The van der Waals surface area contributed by atoms with Crippen LogP contribution in [0.4, 0.5) is 13.2 Å². The number of esters is 1. The molecule has 1 heterocycles. The highest BCUT2D eigenvalue weighted by molar-refractivity contribution is 5.88. The van der Waals surface area contributed by atoms with Gasteiger partial charge in [0.1, 0.15) is 5.76 Å². The maximum atomic E-state index is 13.2. The minimum absolute atomic E-state index is 0.767. The highest BCUT2D eigenvalue weighted by atomic mass is 19.4. The minimum Gasteiger partial charge on any atom is -0.467 e. The molecule has 0 aromatic carbocycles. The van der Waals surface area contributed by atoms with Crippen LogP contribution in [0.25, 0.3) is 0 Å². The number of hydrogen-bond acceptors (Lipinski definition) is 4. The molecule has 0 saturated carbocycles. The topological polar surface area (TPSA) is 68.5 Å². The Kier molecular flexibility index (Phi) is 3.68. The maximum Gasteiger partial charge on any atom is 0.429 e. The van der Waals surface area contributed by atoms with Gasteiger partial charge in [-0.3, -0.25) is 4.79 Å². The van der Waals surface area contributed by atoms with Gasteiger partial charge >= 0.3 is 12.1 Å². The van der Waals surface area contributed by atoms with Crippen LogP contribution in [0.1, 0.15) is 12.7 Å². The summed E-state index contributed by atoms with van der Waals surface area (Å²) in [5.74, 6) is -3.49. The van der Waals surface area contributed by atoms with Gasteiger partial charge in [0.15, 0.2) is 0 Å². The SMILES string of the molecule is COC(=O)[C@@](NC(C)=O)(c1ccco1)C(F)(F)F. The Hall–Kier alpha value is -1.99.